The summed E-state index contributed by atoms with van der Waals surface area (Å²) in [6, 6.07) is 21.7. The normalized spacial score (nSPS) is 12.2. The van der Waals surface area contributed by atoms with Gasteiger partial charge in [0, 0.05) is 6.54 Å². The molecule has 0 saturated heterocycles. The van der Waals surface area contributed by atoms with Crippen molar-refractivity contribution in [2.24, 2.45) is 0 Å². The van der Waals surface area contributed by atoms with E-state index in [9.17, 15) is 4.79 Å². The van der Waals surface area contributed by atoms with E-state index >= 15 is 0 Å². The third-order valence-electron chi connectivity index (χ3n) is 4.75. The molecule has 0 fully saturated rings. The van der Waals surface area contributed by atoms with Crippen LogP contribution in [0.2, 0.25) is 0 Å². The third kappa shape index (κ3) is 4.90. The van der Waals surface area contributed by atoms with Crippen LogP contribution in [0, 0.1) is 0 Å². The first-order valence-electron chi connectivity index (χ1n) is 9.59. The number of carbonyl (C=O) groups excluding carboxylic acids is 1. The molecule has 148 valence electrons. The van der Waals surface area contributed by atoms with E-state index in [2.05, 4.69) is 16.9 Å². The zero-order valence-corrected chi connectivity index (χ0v) is 17.1. The lowest BCUT2D eigenvalue weighted by Crippen LogP contribution is -2.31. The maximum atomic E-state index is 13.0. The number of H-pyrrole nitrogens is 1. The lowest BCUT2D eigenvalue weighted by atomic mass is 10.2. The summed E-state index contributed by atoms with van der Waals surface area (Å²) < 4.78 is 5.46. The van der Waals surface area contributed by atoms with Crippen LogP contribution in [-0.2, 0) is 17.9 Å². The number of furan rings is 1. The number of aromatic nitrogens is 2. The number of thioether (sulfide) groups is 1. The highest BCUT2D eigenvalue weighted by molar-refractivity contribution is 8.00. The Morgan fingerprint density at radius 2 is 1.86 bits per heavy atom. The van der Waals surface area contributed by atoms with E-state index < -0.39 is 0 Å². The van der Waals surface area contributed by atoms with Gasteiger partial charge in [-0.3, -0.25) is 4.79 Å². The minimum atomic E-state index is 0.0817. The fourth-order valence-corrected chi connectivity index (χ4v) is 4.00. The molecule has 0 radical (unpaired) electrons. The monoisotopic (exact) mass is 405 g/mol. The Morgan fingerprint density at radius 1 is 1.07 bits per heavy atom. The number of nitrogens with one attached hydrogen (secondary N) is 1. The Morgan fingerprint density at radius 3 is 2.62 bits per heavy atom. The molecular formula is C23H23N3O2S. The van der Waals surface area contributed by atoms with Crippen molar-refractivity contribution in [2.45, 2.75) is 25.3 Å². The molecule has 0 spiro atoms. The number of hydrogen-bond acceptors (Lipinski definition) is 4. The van der Waals surface area contributed by atoms with Gasteiger partial charge < -0.3 is 14.3 Å². The van der Waals surface area contributed by atoms with Crippen LogP contribution in [0.5, 0.6) is 0 Å². The number of para-hydroxylation sites is 2. The van der Waals surface area contributed by atoms with E-state index in [1.54, 1.807) is 18.0 Å². The number of hydrogen-bond donors (Lipinski definition) is 1. The van der Waals surface area contributed by atoms with Gasteiger partial charge in [-0.05, 0) is 36.8 Å². The van der Waals surface area contributed by atoms with Crippen molar-refractivity contribution < 1.29 is 9.21 Å². The van der Waals surface area contributed by atoms with Crippen LogP contribution in [0.25, 0.3) is 11.0 Å². The molecule has 1 amide bonds. The van der Waals surface area contributed by atoms with E-state index in [1.807, 2.05) is 71.6 Å². The average Bonchev–Trinajstić information content (AvgIpc) is 3.41. The predicted molar refractivity (Wildman–Crippen MR) is 116 cm³/mol. The van der Waals surface area contributed by atoms with Gasteiger partial charge in [0.25, 0.3) is 0 Å². The van der Waals surface area contributed by atoms with Crippen molar-refractivity contribution in [3.63, 3.8) is 0 Å². The molecule has 6 heteroatoms. The number of imidazole rings is 1. The van der Waals surface area contributed by atoms with Gasteiger partial charge in [-0.15, -0.1) is 11.8 Å². The molecule has 0 bridgehead atoms. The Hall–Kier alpha value is -2.99. The smallest absolute Gasteiger partial charge is 0.233 e. The highest BCUT2D eigenvalue weighted by atomic mass is 32.2. The molecule has 4 rings (SSSR count). The molecule has 2 aromatic heterocycles. The van der Waals surface area contributed by atoms with Gasteiger partial charge in [0.15, 0.2) is 0 Å². The maximum Gasteiger partial charge on any atom is 0.233 e. The lowest BCUT2D eigenvalue weighted by Gasteiger charge is -2.22. The van der Waals surface area contributed by atoms with Crippen LogP contribution in [0.3, 0.4) is 0 Å². The molecule has 1 unspecified atom stereocenters. The number of aromatic amines is 1. The first kappa shape index (κ1) is 19.3. The van der Waals surface area contributed by atoms with Gasteiger partial charge in [0.05, 0.1) is 34.8 Å². The number of nitrogens with zero attached hydrogens (tertiary/aromatic N) is 2. The van der Waals surface area contributed by atoms with Crippen LogP contribution in [0.4, 0.5) is 0 Å². The Bertz CT molecular complexity index is 1030. The molecule has 1 atom stereocenters. The molecule has 29 heavy (non-hydrogen) atoms. The number of carbonyl (C=O) groups is 1. The van der Waals surface area contributed by atoms with Gasteiger partial charge in [-0.25, -0.2) is 4.98 Å². The van der Waals surface area contributed by atoms with Crippen molar-refractivity contribution in [2.75, 3.05) is 5.75 Å². The van der Waals surface area contributed by atoms with Crippen molar-refractivity contribution in [1.82, 2.24) is 14.9 Å². The second kappa shape index (κ2) is 9.01. The molecule has 2 heterocycles. The molecule has 0 aliphatic rings. The molecule has 0 aliphatic carbocycles. The van der Waals surface area contributed by atoms with Crippen molar-refractivity contribution >= 4 is 28.7 Å². The summed E-state index contributed by atoms with van der Waals surface area (Å²) in [4.78, 5) is 22.9. The summed E-state index contributed by atoms with van der Waals surface area (Å²) in [5.74, 6) is 2.14. The highest BCUT2D eigenvalue weighted by Gasteiger charge is 2.19. The summed E-state index contributed by atoms with van der Waals surface area (Å²) in [6.07, 6.45) is 1.64. The molecule has 2 aromatic carbocycles. The van der Waals surface area contributed by atoms with Gasteiger partial charge in [-0.2, -0.15) is 0 Å². The van der Waals surface area contributed by atoms with E-state index in [0.717, 1.165) is 28.2 Å². The number of amides is 1. The van der Waals surface area contributed by atoms with Crippen molar-refractivity contribution in [3.8, 4) is 0 Å². The van der Waals surface area contributed by atoms with Crippen LogP contribution in [-0.4, -0.2) is 26.5 Å². The first-order valence-corrected chi connectivity index (χ1v) is 10.6. The quantitative estimate of drug-likeness (QED) is 0.439. The van der Waals surface area contributed by atoms with Crippen LogP contribution in [0.1, 0.15) is 29.3 Å². The zero-order valence-electron chi connectivity index (χ0n) is 16.2. The van der Waals surface area contributed by atoms with Gasteiger partial charge in [0.1, 0.15) is 11.6 Å². The summed E-state index contributed by atoms with van der Waals surface area (Å²) >= 11 is 1.59. The SMILES string of the molecule is CC(SCC(=O)N(Cc1ccccc1)Cc1ccco1)c1nc2ccccc2[nH]1. The zero-order chi connectivity index (χ0) is 20.1. The average molecular weight is 406 g/mol. The number of benzene rings is 2. The Kier molecular flexibility index (Phi) is 6.00. The third-order valence-corrected chi connectivity index (χ3v) is 5.88. The van der Waals surface area contributed by atoms with Gasteiger partial charge in [-0.1, -0.05) is 42.5 Å². The molecular weight excluding hydrogens is 382 g/mol. The second-order valence-electron chi connectivity index (χ2n) is 6.91. The van der Waals surface area contributed by atoms with E-state index in [0.29, 0.717) is 18.8 Å². The topological polar surface area (TPSA) is 62.1 Å². The fraction of sp³-hybridized carbons (Fsp3) is 0.217. The maximum absolute atomic E-state index is 13.0. The fourth-order valence-electron chi connectivity index (χ4n) is 3.16. The highest BCUT2D eigenvalue weighted by Crippen LogP contribution is 2.28. The lowest BCUT2D eigenvalue weighted by molar-refractivity contribution is -0.129. The predicted octanol–water partition coefficient (Wildman–Crippen LogP) is 5.18. The van der Waals surface area contributed by atoms with E-state index in [-0.39, 0.29) is 11.2 Å². The van der Waals surface area contributed by atoms with Crippen LogP contribution < -0.4 is 0 Å². The van der Waals surface area contributed by atoms with Crippen LogP contribution >= 0.6 is 11.8 Å². The standard InChI is InChI=1S/C23H23N3O2S/c1-17(23-24-20-11-5-6-12-21(20)25-23)29-16-22(27)26(15-19-10-7-13-28-19)14-18-8-3-2-4-9-18/h2-13,17H,14-16H2,1H3,(H,24,25). The molecule has 0 saturated carbocycles. The van der Waals surface area contributed by atoms with Crippen molar-refractivity contribution in [3.05, 3.63) is 90.1 Å². The summed E-state index contributed by atoms with van der Waals surface area (Å²) in [5.41, 5.74) is 3.07. The van der Waals surface area contributed by atoms with E-state index in [1.165, 1.54) is 0 Å². The minimum Gasteiger partial charge on any atom is -0.467 e. The number of rotatable bonds is 8. The molecule has 4 aromatic rings. The van der Waals surface area contributed by atoms with Crippen LogP contribution in [0.15, 0.2) is 77.4 Å². The summed E-state index contributed by atoms with van der Waals surface area (Å²) in [7, 11) is 0. The largest absolute Gasteiger partial charge is 0.467 e. The second-order valence-corrected chi connectivity index (χ2v) is 8.24. The summed E-state index contributed by atoms with van der Waals surface area (Å²) in [6.45, 7) is 3.09. The minimum absolute atomic E-state index is 0.0817. The molecule has 5 nitrogen and oxygen atoms in total. The van der Waals surface area contributed by atoms with Gasteiger partial charge in [0.2, 0.25) is 5.91 Å². The van der Waals surface area contributed by atoms with Gasteiger partial charge >= 0.3 is 0 Å². The first-order chi connectivity index (χ1) is 14.2. The van der Waals surface area contributed by atoms with Crippen molar-refractivity contribution in [1.29, 1.82) is 0 Å². The Balaban J connectivity index is 1.42. The number of fused-ring (bicyclic) bond motifs is 1. The molecule has 1 N–H and O–H groups in total. The summed E-state index contributed by atoms with van der Waals surface area (Å²) in [5, 5.41) is 0.0912. The van der Waals surface area contributed by atoms with E-state index in [4.69, 9.17) is 4.42 Å². The Labute approximate surface area is 174 Å². The molecule has 0 aliphatic heterocycles.